The number of rotatable bonds is 9. The van der Waals surface area contributed by atoms with Crippen molar-refractivity contribution in [2.24, 2.45) is 0 Å². The molecule has 2 aromatic rings. The molecule has 0 amide bonds. The zero-order valence-electron chi connectivity index (χ0n) is 15.1. The Kier molecular flexibility index (Phi) is 7.13. The summed E-state index contributed by atoms with van der Waals surface area (Å²) in [5.41, 5.74) is 2.40. The summed E-state index contributed by atoms with van der Waals surface area (Å²) in [6, 6.07) is 16.3. The highest BCUT2D eigenvalue weighted by molar-refractivity contribution is 5.44. The van der Waals surface area contributed by atoms with E-state index in [1.807, 2.05) is 38.1 Å². The summed E-state index contributed by atoms with van der Waals surface area (Å²) >= 11 is 0. The Morgan fingerprint density at radius 2 is 1.67 bits per heavy atom. The van der Waals surface area contributed by atoms with Crippen molar-refractivity contribution in [3.8, 4) is 11.5 Å². The van der Waals surface area contributed by atoms with Gasteiger partial charge in [-0.3, -0.25) is 0 Å². The molecule has 0 radical (unpaired) electrons. The molecule has 0 saturated heterocycles. The third kappa shape index (κ3) is 5.27. The van der Waals surface area contributed by atoms with Gasteiger partial charge in [0.05, 0.1) is 0 Å². The predicted molar refractivity (Wildman–Crippen MR) is 97.6 cm³/mol. The molecule has 0 heterocycles. The van der Waals surface area contributed by atoms with Gasteiger partial charge in [-0.05, 0) is 49.4 Å². The van der Waals surface area contributed by atoms with Crippen molar-refractivity contribution in [2.45, 2.75) is 52.9 Å². The van der Waals surface area contributed by atoms with E-state index in [1.165, 1.54) is 5.56 Å². The van der Waals surface area contributed by atoms with Crippen LogP contribution in [0.25, 0.3) is 0 Å². The first-order valence-corrected chi connectivity index (χ1v) is 8.73. The zero-order valence-corrected chi connectivity index (χ0v) is 15.1. The molecule has 0 fully saturated rings. The van der Waals surface area contributed by atoms with E-state index in [1.54, 1.807) is 0 Å². The van der Waals surface area contributed by atoms with E-state index < -0.39 is 0 Å². The summed E-state index contributed by atoms with van der Waals surface area (Å²) in [5.74, 6) is 1.98. The van der Waals surface area contributed by atoms with Crippen LogP contribution >= 0.6 is 0 Å². The average molecular weight is 328 g/mol. The summed E-state index contributed by atoms with van der Waals surface area (Å²) in [7, 11) is 0. The topological polar surface area (TPSA) is 27.7 Å². The lowest BCUT2D eigenvalue weighted by Gasteiger charge is -2.19. The first-order chi connectivity index (χ1) is 11.6. The smallest absolute Gasteiger partial charge is 0.197 e. The molecule has 0 aliphatic heterocycles. The molecule has 2 aromatic carbocycles. The lowest BCUT2D eigenvalue weighted by molar-refractivity contribution is -0.0626. The number of hydrogen-bond acceptors (Lipinski definition) is 3. The Labute approximate surface area is 145 Å². The van der Waals surface area contributed by atoms with Gasteiger partial charge in [-0.15, -0.1) is 0 Å². The quantitative estimate of drug-likeness (QED) is 0.566. The van der Waals surface area contributed by atoms with Crippen molar-refractivity contribution < 1.29 is 14.2 Å². The van der Waals surface area contributed by atoms with Crippen molar-refractivity contribution in [1.82, 2.24) is 0 Å². The first kappa shape index (κ1) is 18.3. The normalized spacial score (nSPS) is 13.3. The van der Waals surface area contributed by atoms with Crippen LogP contribution < -0.4 is 9.47 Å². The maximum Gasteiger partial charge on any atom is 0.197 e. The van der Waals surface area contributed by atoms with Gasteiger partial charge in [-0.25, -0.2) is 0 Å². The molecule has 0 aliphatic carbocycles. The molecular formula is C21H28O3. The standard InChI is InChI=1S/C21H28O3/c1-5-16(3)19-12-13-20(24-17(4)22-6-2)21(14-19)23-15-18-10-8-7-9-11-18/h7-14,16-17H,5-6,15H2,1-4H3. The molecule has 2 unspecified atom stereocenters. The minimum atomic E-state index is -0.302. The Bertz CT molecular complexity index is 610. The Hall–Kier alpha value is -2.00. The van der Waals surface area contributed by atoms with Crippen molar-refractivity contribution in [3.63, 3.8) is 0 Å². The number of ether oxygens (including phenoxy) is 3. The van der Waals surface area contributed by atoms with Crippen LogP contribution in [0.3, 0.4) is 0 Å². The fraction of sp³-hybridized carbons (Fsp3) is 0.429. The van der Waals surface area contributed by atoms with Gasteiger partial charge in [-0.2, -0.15) is 0 Å². The molecule has 3 nitrogen and oxygen atoms in total. The Balaban J connectivity index is 2.18. The maximum absolute atomic E-state index is 6.06. The van der Waals surface area contributed by atoms with Crippen molar-refractivity contribution in [2.75, 3.05) is 6.61 Å². The molecule has 2 atom stereocenters. The van der Waals surface area contributed by atoms with Gasteiger partial charge in [0, 0.05) is 6.61 Å². The van der Waals surface area contributed by atoms with Gasteiger partial charge in [-0.1, -0.05) is 50.2 Å². The summed E-state index contributed by atoms with van der Waals surface area (Å²) < 4.78 is 17.4. The fourth-order valence-electron chi connectivity index (χ4n) is 2.46. The molecule has 0 bridgehead atoms. The second kappa shape index (κ2) is 9.33. The van der Waals surface area contributed by atoms with Gasteiger partial charge in [0.25, 0.3) is 0 Å². The van der Waals surface area contributed by atoms with Crippen LogP contribution in [-0.2, 0) is 11.3 Å². The van der Waals surface area contributed by atoms with Crippen molar-refractivity contribution in [1.29, 1.82) is 0 Å². The van der Waals surface area contributed by atoms with Crippen LogP contribution in [-0.4, -0.2) is 12.9 Å². The summed E-state index contributed by atoms with van der Waals surface area (Å²) in [6.07, 6.45) is 0.789. The van der Waals surface area contributed by atoms with E-state index in [2.05, 4.69) is 38.1 Å². The highest BCUT2D eigenvalue weighted by Crippen LogP contribution is 2.33. The van der Waals surface area contributed by atoms with Crippen LogP contribution in [0, 0.1) is 0 Å². The molecule has 0 spiro atoms. The lowest BCUT2D eigenvalue weighted by Crippen LogP contribution is -2.16. The van der Waals surface area contributed by atoms with Gasteiger partial charge in [0.1, 0.15) is 6.61 Å². The van der Waals surface area contributed by atoms with E-state index >= 15 is 0 Å². The summed E-state index contributed by atoms with van der Waals surface area (Å²) in [6.45, 7) is 9.40. The highest BCUT2D eigenvalue weighted by atomic mass is 16.7. The van der Waals surface area contributed by atoms with Crippen LogP contribution in [0.1, 0.15) is 51.2 Å². The van der Waals surface area contributed by atoms with Gasteiger partial charge in [0.15, 0.2) is 17.8 Å². The minimum Gasteiger partial charge on any atom is -0.485 e. The second-order valence-corrected chi connectivity index (χ2v) is 5.93. The van der Waals surface area contributed by atoms with Crippen LogP contribution in [0.15, 0.2) is 48.5 Å². The SMILES string of the molecule is CCOC(C)Oc1ccc(C(C)CC)cc1OCc1ccccc1. The Morgan fingerprint density at radius 3 is 2.33 bits per heavy atom. The molecule has 3 heteroatoms. The molecule has 0 aromatic heterocycles. The molecular weight excluding hydrogens is 300 g/mol. The number of benzene rings is 2. The Morgan fingerprint density at radius 1 is 0.917 bits per heavy atom. The van der Waals surface area contributed by atoms with E-state index in [4.69, 9.17) is 14.2 Å². The fourth-order valence-corrected chi connectivity index (χ4v) is 2.46. The van der Waals surface area contributed by atoms with Gasteiger partial charge in [0.2, 0.25) is 0 Å². The van der Waals surface area contributed by atoms with Crippen LogP contribution in [0.2, 0.25) is 0 Å². The van der Waals surface area contributed by atoms with E-state index in [9.17, 15) is 0 Å². The van der Waals surface area contributed by atoms with E-state index in [-0.39, 0.29) is 6.29 Å². The van der Waals surface area contributed by atoms with E-state index in [0.717, 1.165) is 23.5 Å². The molecule has 24 heavy (non-hydrogen) atoms. The molecule has 0 aliphatic rings. The van der Waals surface area contributed by atoms with Gasteiger partial charge >= 0.3 is 0 Å². The molecule has 2 rings (SSSR count). The number of hydrogen-bond donors (Lipinski definition) is 0. The van der Waals surface area contributed by atoms with Gasteiger partial charge < -0.3 is 14.2 Å². The third-order valence-corrected chi connectivity index (χ3v) is 4.08. The molecule has 130 valence electrons. The lowest BCUT2D eigenvalue weighted by atomic mass is 9.98. The predicted octanol–water partition coefficient (Wildman–Crippen LogP) is 5.54. The van der Waals surface area contributed by atoms with Crippen LogP contribution in [0.4, 0.5) is 0 Å². The molecule has 0 saturated carbocycles. The third-order valence-electron chi connectivity index (χ3n) is 4.08. The van der Waals surface area contributed by atoms with Crippen molar-refractivity contribution >= 4 is 0 Å². The summed E-state index contributed by atoms with van der Waals surface area (Å²) in [5, 5.41) is 0. The molecule has 0 N–H and O–H groups in total. The van der Waals surface area contributed by atoms with Crippen molar-refractivity contribution in [3.05, 3.63) is 59.7 Å². The van der Waals surface area contributed by atoms with E-state index in [0.29, 0.717) is 19.1 Å². The maximum atomic E-state index is 6.06. The average Bonchev–Trinajstić information content (AvgIpc) is 2.61. The monoisotopic (exact) mass is 328 g/mol. The minimum absolute atomic E-state index is 0.302. The second-order valence-electron chi connectivity index (χ2n) is 5.93. The summed E-state index contributed by atoms with van der Waals surface area (Å²) in [4.78, 5) is 0. The largest absolute Gasteiger partial charge is 0.485 e. The first-order valence-electron chi connectivity index (χ1n) is 8.73. The van der Waals surface area contributed by atoms with Crippen LogP contribution in [0.5, 0.6) is 11.5 Å². The zero-order chi connectivity index (χ0) is 17.4. The highest BCUT2D eigenvalue weighted by Gasteiger charge is 2.13.